The van der Waals surface area contributed by atoms with Gasteiger partial charge in [0.1, 0.15) is 10.6 Å². The Labute approximate surface area is 88.8 Å². The van der Waals surface area contributed by atoms with Gasteiger partial charge in [0.15, 0.2) is 15.6 Å². The van der Waals surface area contributed by atoms with Crippen LogP contribution in [0.15, 0.2) is 23.1 Å². The van der Waals surface area contributed by atoms with Crippen LogP contribution >= 0.6 is 0 Å². The molecule has 0 aromatic heterocycles. The highest BCUT2D eigenvalue weighted by Crippen LogP contribution is 2.27. The van der Waals surface area contributed by atoms with E-state index in [0.717, 1.165) is 6.26 Å². The summed E-state index contributed by atoms with van der Waals surface area (Å²) in [5, 5.41) is 0. The Hall–Kier alpha value is -1.36. The fourth-order valence-corrected chi connectivity index (χ4v) is 2.46. The number of methoxy groups -OCH3 is 1. The van der Waals surface area contributed by atoms with Gasteiger partial charge in [0.2, 0.25) is 0 Å². The lowest BCUT2D eigenvalue weighted by atomic mass is 10.1. The van der Waals surface area contributed by atoms with Gasteiger partial charge in [-0.05, 0) is 19.1 Å². The van der Waals surface area contributed by atoms with E-state index in [9.17, 15) is 13.2 Å². The number of hydrogen-bond donors (Lipinski definition) is 0. The van der Waals surface area contributed by atoms with Gasteiger partial charge >= 0.3 is 0 Å². The van der Waals surface area contributed by atoms with Gasteiger partial charge < -0.3 is 4.74 Å². The average molecular weight is 228 g/mol. The van der Waals surface area contributed by atoms with Crippen LogP contribution in [0.2, 0.25) is 0 Å². The van der Waals surface area contributed by atoms with Crippen molar-refractivity contribution < 1.29 is 17.9 Å². The van der Waals surface area contributed by atoms with Gasteiger partial charge in [-0.3, -0.25) is 4.79 Å². The van der Waals surface area contributed by atoms with E-state index in [1.165, 1.54) is 26.2 Å². The van der Waals surface area contributed by atoms with E-state index in [1.807, 2.05) is 0 Å². The predicted molar refractivity (Wildman–Crippen MR) is 56.1 cm³/mol. The number of sulfone groups is 1. The average Bonchev–Trinajstić information content (AvgIpc) is 2.15. The highest BCUT2D eigenvalue weighted by atomic mass is 32.2. The zero-order valence-electron chi connectivity index (χ0n) is 8.77. The van der Waals surface area contributed by atoms with Gasteiger partial charge in [0, 0.05) is 11.8 Å². The molecule has 0 saturated heterocycles. The predicted octanol–water partition coefficient (Wildman–Crippen LogP) is 1.30. The number of hydrogen-bond acceptors (Lipinski definition) is 4. The molecule has 0 N–H and O–H groups in total. The lowest BCUT2D eigenvalue weighted by Crippen LogP contribution is -2.08. The van der Waals surface area contributed by atoms with E-state index < -0.39 is 9.84 Å². The molecular formula is C10H12O4S. The highest BCUT2D eigenvalue weighted by Gasteiger charge is 2.21. The van der Waals surface area contributed by atoms with E-state index in [-0.39, 0.29) is 22.0 Å². The first kappa shape index (κ1) is 11.7. The second kappa shape index (κ2) is 4.02. The molecule has 0 aliphatic carbocycles. The largest absolute Gasteiger partial charge is 0.495 e. The molecule has 82 valence electrons. The molecule has 1 rings (SSSR count). The van der Waals surface area contributed by atoms with Crippen LogP contribution in [-0.2, 0) is 9.84 Å². The van der Waals surface area contributed by atoms with Gasteiger partial charge in [-0.1, -0.05) is 6.07 Å². The van der Waals surface area contributed by atoms with Crippen molar-refractivity contribution in [1.82, 2.24) is 0 Å². The van der Waals surface area contributed by atoms with Crippen molar-refractivity contribution in [2.75, 3.05) is 13.4 Å². The number of rotatable bonds is 3. The molecular weight excluding hydrogens is 216 g/mol. The Morgan fingerprint density at radius 1 is 1.33 bits per heavy atom. The molecule has 0 spiro atoms. The number of carbonyl (C=O) groups excluding carboxylic acids is 1. The second-order valence-corrected chi connectivity index (χ2v) is 5.12. The normalized spacial score (nSPS) is 11.1. The summed E-state index contributed by atoms with van der Waals surface area (Å²) in [6.45, 7) is 1.32. The summed E-state index contributed by atoms with van der Waals surface area (Å²) in [6, 6.07) is 4.58. The Balaban J connectivity index is 3.63. The van der Waals surface area contributed by atoms with E-state index in [2.05, 4.69) is 0 Å². The smallest absolute Gasteiger partial charge is 0.179 e. The van der Waals surface area contributed by atoms with Crippen molar-refractivity contribution in [2.24, 2.45) is 0 Å². The maximum atomic E-state index is 11.5. The number of ketones is 1. The molecule has 0 unspecified atom stereocenters. The highest BCUT2D eigenvalue weighted by molar-refractivity contribution is 7.90. The lowest BCUT2D eigenvalue weighted by Gasteiger charge is -2.09. The van der Waals surface area contributed by atoms with Crippen LogP contribution in [0.25, 0.3) is 0 Å². The third-order valence-corrected chi connectivity index (χ3v) is 3.11. The summed E-state index contributed by atoms with van der Waals surface area (Å²) >= 11 is 0. The second-order valence-electron chi connectivity index (χ2n) is 3.17. The first-order chi connectivity index (χ1) is 6.88. The summed E-state index contributed by atoms with van der Waals surface area (Å²) in [5.41, 5.74) is 0.164. The SMILES string of the molecule is COc1cccc(C(C)=O)c1S(C)(=O)=O. The number of benzene rings is 1. The van der Waals surface area contributed by atoms with Crippen molar-refractivity contribution >= 4 is 15.6 Å². The summed E-state index contributed by atoms with van der Waals surface area (Å²) in [6.07, 6.45) is 1.05. The van der Waals surface area contributed by atoms with Gasteiger partial charge in [0.25, 0.3) is 0 Å². The topological polar surface area (TPSA) is 60.4 Å². The van der Waals surface area contributed by atoms with E-state index in [4.69, 9.17) is 4.74 Å². The van der Waals surface area contributed by atoms with Crippen molar-refractivity contribution in [2.45, 2.75) is 11.8 Å². The van der Waals surface area contributed by atoms with E-state index in [1.54, 1.807) is 6.07 Å². The number of ether oxygens (including phenoxy) is 1. The molecule has 0 fully saturated rings. The molecule has 1 aromatic carbocycles. The van der Waals surface area contributed by atoms with Crippen molar-refractivity contribution in [3.05, 3.63) is 23.8 Å². The third-order valence-electron chi connectivity index (χ3n) is 1.95. The van der Waals surface area contributed by atoms with Gasteiger partial charge in [-0.15, -0.1) is 0 Å². The molecule has 0 bridgehead atoms. The molecule has 0 aliphatic rings. The minimum atomic E-state index is -3.47. The lowest BCUT2D eigenvalue weighted by molar-refractivity contribution is 0.101. The zero-order chi connectivity index (χ0) is 11.6. The summed E-state index contributed by atoms with van der Waals surface area (Å²) in [4.78, 5) is 11.2. The molecule has 5 heteroatoms. The number of Topliss-reactive ketones (excluding diaryl/α,β-unsaturated/α-hetero) is 1. The summed E-state index contributed by atoms with van der Waals surface area (Å²) in [7, 11) is -2.10. The first-order valence-electron chi connectivity index (χ1n) is 4.26. The molecule has 15 heavy (non-hydrogen) atoms. The Kier molecular flexibility index (Phi) is 3.14. The third kappa shape index (κ3) is 2.36. The van der Waals surface area contributed by atoms with Gasteiger partial charge in [0.05, 0.1) is 7.11 Å². The van der Waals surface area contributed by atoms with Crippen molar-refractivity contribution in [3.63, 3.8) is 0 Å². The van der Waals surface area contributed by atoms with Crippen molar-refractivity contribution in [1.29, 1.82) is 0 Å². The summed E-state index contributed by atoms with van der Waals surface area (Å²) < 4.78 is 27.9. The summed E-state index contributed by atoms with van der Waals surface area (Å²) in [5.74, 6) is -0.0977. The van der Waals surface area contributed by atoms with Crippen LogP contribution in [-0.4, -0.2) is 27.6 Å². The maximum Gasteiger partial charge on any atom is 0.179 e. The van der Waals surface area contributed by atoms with Gasteiger partial charge in [-0.25, -0.2) is 8.42 Å². The standard InChI is InChI=1S/C10H12O4S/c1-7(11)8-5-4-6-9(14-2)10(8)15(3,12)13/h4-6H,1-3H3. The number of carbonyl (C=O) groups is 1. The van der Waals surface area contributed by atoms with Crippen LogP contribution in [0.4, 0.5) is 0 Å². The molecule has 0 heterocycles. The van der Waals surface area contributed by atoms with E-state index >= 15 is 0 Å². The van der Waals surface area contributed by atoms with Crippen LogP contribution in [0.1, 0.15) is 17.3 Å². The minimum absolute atomic E-state index is 0.0417. The Bertz CT molecular complexity index is 488. The van der Waals surface area contributed by atoms with Crippen LogP contribution < -0.4 is 4.74 Å². The first-order valence-corrected chi connectivity index (χ1v) is 6.15. The van der Waals surface area contributed by atoms with Crippen LogP contribution in [0.5, 0.6) is 5.75 Å². The molecule has 1 aromatic rings. The molecule has 0 saturated carbocycles. The van der Waals surface area contributed by atoms with Gasteiger partial charge in [-0.2, -0.15) is 0 Å². The zero-order valence-corrected chi connectivity index (χ0v) is 9.59. The molecule has 0 atom stereocenters. The maximum absolute atomic E-state index is 11.5. The fraction of sp³-hybridized carbons (Fsp3) is 0.300. The minimum Gasteiger partial charge on any atom is -0.495 e. The van der Waals surface area contributed by atoms with E-state index in [0.29, 0.717) is 0 Å². The molecule has 0 radical (unpaired) electrons. The molecule has 0 aliphatic heterocycles. The Morgan fingerprint density at radius 2 is 1.93 bits per heavy atom. The monoisotopic (exact) mass is 228 g/mol. The van der Waals surface area contributed by atoms with Crippen LogP contribution in [0.3, 0.4) is 0 Å². The Morgan fingerprint density at radius 3 is 2.33 bits per heavy atom. The van der Waals surface area contributed by atoms with Crippen LogP contribution in [0, 0.1) is 0 Å². The van der Waals surface area contributed by atoms with Crippen molar-refractivity contribution in [3.8, 4) is 5.75 Å². The quantitative estimate of drug-likeness (QED) is 0.732. The fourth-order valence-electron chi connectivity index (χ4n) is 1.34. The molecule has 0 amide bonds. The molecule has 4 nitrogen and oxygen atoms in total.